The first kappa shape index (κ1) is 20.2. The largest absolute Gasteiger partial charge is 0.497 e. The molecule has 1 aliphatic rings. The number of fused-ring (bicyclic) bond motifs is 1. The Kier molecular flexibility index (Phi) is 5.86. The maximum Gasteiger partial charge on any atom is 0.325 e. The summed E-state index contributed by atoms with van der Waals surface area (Å²) in [6.07, 6.45) is 0. The summed E-state index contributed by atoms with van der Waals surface area (Å²) in [7, 11) is 3.03. The van der Waals surface area contributed by atoms with Crippen LogP contribution >= 0.6 is 15.9 Å². The van der Waals surface area contributed by atoms with Gasteiger partial charge in [-0.15, -0.1) is 0 Å². The van der Waals surface area contributed by atoms with E-state index in [2.05, 4.69) is 34.1 Å². The normalized spacial score (nSPS) is 15.2. The zero-order valence-electron chi connectivity index (χ0n) is 16.7. The average molecular weight is 465 g/mol. The summed E-state index contributed by atoms with van der Waals surface area (Å²) >= 11 is 3.58. The highest BCUT2D eigenvalue weighted by Crippen LogP contribution is 2.41. The molecule has 30 heavy (non-hydrogen) atoms. The molecule has 0 radical (unpaired) electrons. The van der Waals surface area contributed by atoms with E-state index in [1.807, 2.05) is 59.5 Å². The van der Waals surface area contributed by atoms with Crippen molar-refractivity contribution in [2.75, 3.05) is 20.8 Å². The van der Waals surface area contributed by atoms with Crippen LogP contribution in [0.3, 0.4) is 0 Å². The second kappa shape index (κ2) is 8.71. The first-order valence-corrected chi connectivity index (χ1v) is 10.3. The maximum atomic E-state index is 12.4. The number of ether oxygens (including phenoxy) is 2. The molecule has 6 heteroatoms. The molecule has 0 N–H and O–H groups in total. The lowest BCUT2D eigenvalue weighted by Gasteiger charge is -2.38. The number of benzene rings is 3. The Bertz CT molecular complexity index is 1100. The number of rotatable bonds is 5. The molecule has 4 rings (SSSR count). The van der Waals surface area contributed by atoms with Crippen LogP contribution in [-0.4, -0.2) is 37.5 Å². The van der Waals surface area contributed by atoms with E-state index in [-0.39, 0.29) is 18.6 Å². The number of nitrogens with zero attached hydrogens (tertiary/aromatic N) is 2. The molecule has 0 unspecified atom stereocenters. The third kappa shape index (κ3) is 3.96. The van der Waals surface area contributed by atoms with Crippen molar-refractivity contribution in [3.8, 4) is 5.75 Å². The zero-order chi connectivity index (χ0) is 21.1. The fourth-order valence-electron chi connectivity index (χ4n) is 3.67. The van der Waals surface area contributed by atoms with Gasteiger partial charge in [0, 0.05) is 15.6 Å². The number of methoxy groups -OCH3 is 2. The van der Waals surface area contributed by atoms with Crippen LogP contribution in [0.4, 0.5) is 5.69 Å². The van der Waals surface area contributed by atoms with E-state index < -0.39 is 0 Å². The second-order valence-corrected chi connectivity index (χ2v) is 7.80. The molecular formula is C24H21BrN2O3. The molecule has 5 nitrogen and oxygen atoms in total. The van der Waals surface area contributed by atoms with Gasteiger partial charge in [-0.2, -0.15) is 0 Å². The van der Waals surface area contributed by atoms with Gasteiger partial charge in [0.05, 0.1) is 25.9 Å². The molecular weight excluding hydrogens is 444 g/mol. The molecule has 1 atom stereocenters. The molecule has 0 spiro atoms. The second-order valence-electron chi connectivity index (χ2n) is 6.89. The van der Waals surface area contributed by atoms with Crippen molar-refractivity contribution < 1.29 is 14.3 Å². The SMILES string of the molecule is COC(=O)CN1C(c2cccc(OC)c2)=Nc2ccc(Br)cc2[C@@H]1c1ccccc1. The quantitative estimate of drug-likeness (QED) is 0.492. The number of halogens is 1. The van der Waals surface area contributed by atoms with E-state index in [0.29, 0.717) is 5.84 Å². The van der Waals surface area contributed by atoms with E-state index in [1.54, 1.807) is 7.11 Å². The summed E-state index contributed by atoms with van der Waals surface area (Å²) in [6, 6.07) is 23.6. The summed E-state index contributed by atoms with van der Waals surface area (Å²) in [5.41, 5.74) is 3.82. The van der Waals surface area contributed by atoms with E-state index >= 15 is 0 Å². The standard InChI is InChI=1S/C24H21BrN2O3/c1-29-19-10-6-9-17(13-19)24-26-21-12-11-18(25)14-20(21)23(16-7-4-3-5-8-16)27(24)15-22(28)30-2/h3-14,23H,15H2,1-2H3/t23-/m0/s1. The van der Waals surface area contributed by atoms with Crippen molar-refractivity contribution >= 4 is 33.4 Å². The molecule has 152 valence electrons. The average Bonchev–Trinajstić information content (AvgIpc) is 2.79. The van der Waals surface area contributed by atoms with Crippen molar-refractivity contribution in [3.63, 3.8) is 0 Å². The molecule has 3 aromatic rings. The van der Waals surface area contributed by atoms with Crippen molar-refractivity contribution in [2.24, 2.45) is 4.99 Å². The first-order valence-electron chi connectivity index (χ1n) is 9.51. The van der Waals surface area contributed by atoms with Crippen LogP contribution in [0.1, 0.15) is 22.7 Å². The first-order chi connectivity index (χ1) is 14.6. The highest BCUT2D eigenvalue weighted by Gasteiger charge is 2.33. The van der Waals surface area contributed by atoms with E-state index in [4.69, 9.17) is 14.5 Å². The fraction of sp³-hybridized carbons (Fsp3) is 0.167. The monoisotopic (exact) mass is 464 g/mol. The summed E-state index contributed by atoms with van der Waals surface area (Å²) in [5, 5.41) is 0. The Hall–Kier alpha value is -3.12. The highest BCUT2D eigenvalue weighted by molar-refractivity contribution is 9.10. The van der Waals surface area contributed by atoms with Gasteiger partial charge in [-0.25, -0.2) is 4.99 Å². The Morgan fingerprint density at radius 3 is 2.57 bits per heavy atom. The van der Waals surface area contributed by atoms with Gasteiger partial charge < -0.3 is 14.4 Å². The topological polar surface area (TPSA) is 51.1 Å². The van der Waals surface area contributed by atoms with Crippen LogP contribution < -0.4 is 4.74 Å². The third-order valence-electron chi connectivity index (χ3n) is 5.06. The fourth-order valence-corrected chi connectivity index (χ4v) is 4.05. The van der Waals surface area contributed by atoms with Gasteiger partial charge in [0.15, 0.2) is 0 Å². The third-order valence-corrected chi connectivity index (χ3v) is 5.56. The minimum atomic E-state index is -0.329. The van der Waals surface area contributed by atoms with Crippen LogP contribution in [0.25, 0.3) is 0 Å². The minimum absolute atomic E-state index is 0.0675. The molecule has 1 aliphatic heterocycles. The van der Waals surface area contributed by atoms with Crippen LogP contribution in [-0.2, 0) is 9.53 Å². The van der Waals surface area contributed by atoms with E-state index in [1.165, 1.54) is 7.11 Å². The Morgan fingerprint density at radius 1 is 1.03 bits per heavy atom. The van der Waals surface area contributed by atoms with Crippen molar-refractivity contribution in [1.29, 1.82) is 0 Å². The van der Waals surface area contributed by atoms with Crippen molar-refractivity contribution in [2.45, 2.75) is 6.04 Å². The molecule has 0 aliphatic carbocycles. The highest BCUT2D eigenvalue weighted by atomic mass is 79.9. The van der Waals surface area contributed by atoms with Gasteiger partial charge in [0.1, 0.15) is 18.1 Å². The molecule has 0 saturated heterocycles. The van der Waals surface area contributed by atoms with Gasteiger partial charge >= 0.3 is 5.97 Å². The van der Waals surface area contributed by atoms with E-state index in [0.717, 1.165) is 32.6 Å². The number of aliphatic imine (C=N–C) groups is 1. The van der Waals surface area contributed by atoms with Gasteiger partial charge in [0.25, 0.3) is 0 Å². The lowest BCUT2D eigenvalue weighted by molar-refractivity contribution is -0.141. The van der Waals surface area contributed by atoms with Gasteiger partial charge in [-0.3, -0.25) is 4.79 Å². The zero-order valence-corrected chi connectivity index (χ0v) is 18.3. The summed E-state index contributed by atoms with van der Waals surface area (Å²) in [4.78, 5) is 19.3. The number of carbonyl (C=O) groups excluding carboxylic acids is 1. The molecule has 0 fully saturated rings. The van der Waals surface area contributed by atoms with Crippen molar-refractivity contribution in [1.82, 2.24) is 4.90 Å². The summed E-state index contributed by atoms with van der Waals surface area (Å²) < 4.78 is 11.4. The number of carbonyl (C=O) groups is 1. The molecule has 3 aromatic carbocycles. The predicted octanol–water partition coefficient (Wildman–Crippen LogP) is 5.11. The predicted molar refractivity (Wildman–Crippen MR) is 120 cm³/mol. The Balaban J connectivity index is 1.94. The van der Waals surface area contributed by atoms with Crippen LogP contribution in [0.15, 0.2) is 82.3 Å². The van der Waals surface area contributed by atoms with Gasteiger partial charge in [-0.05, 0) is 35.9 Å². The Morgan fingerprint density at radius 2 is 1.83 bits per heavy atom. The van der Waals surface area contributed by atoms with Gasteiger partial charge in [0.2, 0.25) is 0 Å². The lowest BCUT2D eigenvalue weighted by atomic mass is 9.93. The molecule has 0 aromatic heterocycles. The lowest BCUT2D eigenvalue weighted by Crippen LogP contribution is -2.42. The number of hydrogen-bond donors (Lipinski definition) is 0. The van der Waals surface area contributed by atoms with Crippen LogP contribution in [0.5, 0.6) is 5.75 Å². The van der Waals surface area contributed by atoms with Gasteiger partial charge in [-0.1, -0.05) is 58.4 Å². The number of hydrogen-bond acceptors (Lipinski definition) is 5. The molecule has 1 heterocycles. The Labute approximate surface area is 184 Å². The van der Waals surface area contributed by atoms with Crippen LogP contribution in [0.2, 0.25) is 0 Å². The van der Waals surface area contributed by atoms with Crippen LogP contribution in [0, 0.1) is 0 Å². The van der Waals surface area contributed by atoms with Crippen molar-refractivity contribution in [3.05, 3.63) is 94.0 Å². The number of amidine groups is 1. The summed E-state index contributed by atoms with van der Waals surface area (Å²) in [5.74, 6) is 1.10. The molecule has 0 bridgehead atoms. The van der Waals surface area contributed by atoms with E-state index in [9.17, 15) is 4.79 Å². The summed E-state index contributed by atoms with van der Waals surface area (Å²) in [6.45, 7) is 0.0675. The smallest absolute Gasteiger partial charge is 0.325 e. The minimum Gasteiger partial charge on any atom is -0.497 e. The molecule has 0 amide bonds. The number of esters is 1. The molecule has 0 saturated carbocycles. The maximum absolute atomic E-state index is 12.4.